The summed E-state index contributed by atoms with van der Waals surface area (Å²) in [5.41, 5.74) is 1.69. The summed E-state index contributed by atoms with van der Waals surface area (Å²) in [6.07, 6.45) is 1.66. The fourth-order valence-corrected chi connectivity index (χ4v) is 3.25. The Labute approximate surface area is 189 Å². The van der Waals surface area contributed by atoms with Crippen molar-refractivity contribution in [3.63, 3.8) is 0 Å². The second-order valence-electron chi connectivity index (χ2n) is 6.65. The average molecular weight is 449 g/mol. The SMILES string of the molecule is COc1cc2nccc(Oc3ccc(NC(=O)[N]c4ccccc4Cl)cc3)c2cc1OC. The zero-order valence-electron chi connectivity index (χ0n) is 17.3. The summed E-state index contributed by atoms with van der Waals surface area (Å²) in [5, 5.41) is 7.86. The molecule has 1 aromatic heterocycles. The number of fused-ring (bicyclic) bond motifs is 1. The number of carbonyl (C=O) groups is 1. The van der Waals surface area contributed by atoms with Crippen LogP contribution in [0.5, 0.6) is 23.0 Å². The zero-order chi connectivity index (χ0) is 22.5. The van der Waals surface area contributed by atoms with E-state index in [4.69, 9.17) is 25.8 Å². The number of halogens is 1. The Balaban J connectivity index is 1.48. The first-order valence-electron chi connectivity index (χ1n) is 9.63. The number of benzene rings is 3. The quantitative estimate of drug-likeness (QED) is 0.381. The Bertz CT molecular complexity index is 1260. The molecular weight excluding hydrogens is 430 g/mol. The molecule has 0 saturated carbocycles. The normalized spacial score (nSPS) is 10.5. The minimum absolute atomic E-state index is 0.406. The highest BCUT2D eigenvalue weighted by Gasteiger charge is 2.12. The topological polar surface area (TPSA) is 83.8 Å². The number of hydrogen-bond donors (Lipinski definition) is 1. The van der Waals surface area contributed by atoms with E-state index in [1.54, 1.807) is 81.1 Å². The largest absolute Gasteiger partial charge is 0.493 e. The van der Waals surface area contributed by atoms with Crippen LogP contribution in [-0.4, -0.2) is 25.2 Å². The van der Waals surface area contributed by atoms with Gasteiger partial charge in [0, 0.05) is 23.3 Å². The number of carbonyl (C=O) groups excluding carboxylic acids is 1. The fraction of sp³-hybridized carbons (Fsp3) is 0.0833. The molecule has 0 atom stereocenters. The van der Waals surface area contributed by atoms with Gasteiger partial charge in [-0.15, -0.1) is 0 Å². The van der Waals surface area contributed by atoms with Crippen molar-refractivity contribution < 1.29 is 19.0 Å². The third-order valence-electron chi connectivity index (χ3n) is 4.61. The molecule has 0 bridgehead atoms. The Kier molecular flexibility index (Phi) is 6.28. The number of anilines is 1. The molecule has 32 heavy (non-hydrogen) atoms. The predicted octanol–water partition coefficient (Wildman–Crippen LogP) is 6.17. The highest BCUT2D eigenvalue weighted by atomic mass is 35.5. The van der Waals surface area contributed by atoms with E-state index >= 15 is 0 Å². The van der Waals surface area contributed by atoms with Gasteiger partial charge in [-0.3, -0.25) is 4.98 Å². The minimum atomic E-state index is -0.520. The number of rotatable bonds is 6. The molecular formula is C24H19ClN3O4. The molecule has 3 aromatic carbocycles. The van der Waals surface area contributed by atoms with Gasteiger partial charge < -0.3 is 19.5 Å². The number of aromatic nitrogens is 1. The molecule has 0 aliphatic carbocycles. The molecule has 8 heteroatoms. The summed E-state index contributed by atoms with van der Waals surface area (Å²) < 4.78 is 16.8. The van der Waals surface area contributed by atoms with Crippen molar-refractivity contribution in [1.82, 2.24) is 10.3 Å². The van der Waals surface area contributed by atoms with Crippen molar-refractivity contribution in [3.05, 3.63) is 77.9 Å². The van der Waals surface area contributed by atoms with E-state index < -0.39 is 6.03 Å². The lowest BCUT2D eigenvalue weighted by molar-refractivity contribution is 0.255. The van der Waals surface area contributed by atoms with Gasteiger partial charge in [0.2, 0.25) is 0 Å². The van der Waals surface area contributed by atoms with Gasteiger partial charge in [0.25, 0.3) is 0 Å². The monoisotopic (exact) mass is 448 g/mol. The van der Waals surface area contributed by atoms with E-state index in [0.29, 0.717) is 44.9 Å². The molecule has 4 rings (SSSR count). The van der Waals surface area contributed by atoms with Gasteiger partial charge in [-0.05, 0) is 48.5 Å². The average Bonchev–Trinajstić information content (AvgIpc) is 2.81. The fourth-order valence-electron chi connectivity index (χ4n) is 3.07. The molecule has 0 aliphatic rings. The van der Waals surface area contributed by atoms with Crippen LogP contribution in [-0.2, 0) is 0 Å². The number of urea groups is 1. The molecule has 4 aromatic rings. The lowest BCUT2D eigenvalue weighted by Gasteiger charge is -2.12. The van der Waals surface area contributed by atoms with Crippen LogP contribution in [0.15, 0.2) is 72.9 Å². The van der Waals surface area contributed by atoms with E-state index in [-0.39, 0.29) is 0 Å². The third kappa shape index (κ3) is 4.68. The zero-order valence-corrected chi connectivity index (χ0v) is 18.1. The Hall–Kier alpha value is -3.97. The van der Waals surface area contributed by atoms with Gasteiger partial charge in [-0.2, -0.15) is 5.32 Å². The molecule has 1 radical (unpaired) electrons. The van der Waals surface area contributed by atoms with Crippen LogP contribution in [0.1, 0.15) is 0 Å². The van der Waals surface area contributed by atoms with E-state index in [1.807, 2.05) is 6.07 Å². The van der Waals surface area contributed by atoms with Crippen LogP contribution < -0.4 is 24.8 Å². The summed E-state index contributed by atoms with van der Waals surface area (Å²) in [4.78, 5) is 16.5. The van der Waals surface area contributed by atoms with Crippen molar-refractivity contribution in [2.75, 3.05) is 19.5 Å². The maximum atomic E-state index is 12.2. The van der Waals surface area contributed by atoms with Crippen LogP contribution >= 0.6 is 11.6 Å². The number of nitrogens with zero attached hydrogens (tertiary/aromatic N) is 2. The molecule has 1 N–H and O–H groups in total. The van der Waals surface area contributed by atoms with Gasteiger partial charge in [0.1, 0.15) is 11.5 Å². The lowest BCUT2D eigenvalue weighted by Crippen LogP contribution is -2.18. The number of methoxy groups -OCH3 is 2. The summed E-state index contributed by atoms with van der Waals surface area (Å²) >= 11 is 6.04. The molecule has 1 heterocycles. The molecule has 0 fully saturated rings. The maximum absolute atomic E-state index is 12.2. The van der Waals surface area contributed by atoms with Crippen molar-refractivity contribution in [2.24, 2.45) is 0 Å². The lowest BCUT2D eigenvalue weighted by atomic mass is 10.2. The number of hydrogen-bond acceptors (Lipinski definition) is 5. The van der Waals surface area contributed by atoms with E-state index in [1.165, 1.54) is 0 Å². The number of para-hydroxylation sites is 1. The first kappa shape index (κ1) is 21.3. The van der Waals surface area contributed by atoms with E-state index in [2.05, 4.69) is 15.6 Å². The molecule has 2 amide bonds. The summed E-state index contributed by atoms with van der Waals surface area (Å²) in [5.74, 6) is 2.37. The maximum Gasteiger partial charge on any atom is 0.345 e. The van der Waals surface area contributed by atoms with E-state index in [9.17, 15) is 4.79 Å². The molecule has 7 nitrogen and oxygen atoms in total. The third-order valence-corrected chi connectivity index (χ3v) is 4.93. The minimum Gasteiger partial charge on any atom is -0.493 e. The molecule has 0 aliphatic heterocycles. The highest BCUT2D eigenvalue weighted by Crippen LogP contribution is 2.37. The van der Waals surface area contributed by atoms with Gasteiger partial charge >= 0.3 is 6.03 Å². The summed E-state index contributed by atoms with van der Waals surface area (Å²) in [7, 11) is 3.15. The van der Waals surface area contributed by atoms with Gasteiger partial charge in [-0.25, -0.2) is 4.79 Å². The molecule has 161 valence electrons. The number of pyridine rings is 1. The molecule has 0 saturated heterocycles. The Morgan fingerprint density at radius 3 is 2.38 bits per heavy atom. The van der Waals surface area contributed by atoms with Crippen LogP contribution in [0.2, 0.25) is 5.02 Å². The van der Waals surface area contributed by atoms with Crippen molar-refractivity contribution >= 4 is 39.9 Å². The van der Waals surface area contributed by atoms with E-state index in [0.717, 1.165) is 5.39 Å². The summed E-state index contributed by atoms with van der Waals surface area (Å²) in [6.45, 7) is 0. The van der Waals surface area contributed by atoms with Crippen LogP contribution in [0, 0.1) is 0 Å². The second kappa shape index (κ2) is 9.45. The highest BCUT2D eigenvalue weighted by molar-refractivity contribution is 6.33. The molecule has 0 unspecified atom stereocenters. The number of amides is 2. The van der Waals surface area contributed by atoms with Crippen LogP contribution in [0.3, 0.4) is 0 Å². The first-order chi connectivity index (χ1) is 15.6. The Morgan fingerprint density at radius 1 is 0.938 bits per heavy atom. The molecule has 0 spiro atoms. The van der Waals surface area contributed by atoms with Gasteiger partial charge in [0.05, 0.1) is 30.4 Å². The van der Waals surface area contributed by atoms with Gasteiger partial charge in [-0.1, -0.05) is 23.7 Å². The van der Waals surface area contributed by atoms with Crippen LogP contribution in [0.25, 0.3) is 10.9 Å². The first-order valence-corrected chi connectivity index (χ1v) is 10.0. The predicted molar refractivity (Wildman–Crippen MR) is 124 cm³/mol. The van der Waals surface area contributed by atoms with Crippen LogP contribution in [0.4, 0.5) is 16.2 Å². The second-order valence-corrected chi connectivity index (χ2v) is 7.06. The number of ether oxygens (including phenoxy) is 3. The summed E-state index contributed by atoms with van der Waals surface area (Å²) in [6, 6.07) is 18.7. The number of nitrogens with one attached hydrogen (secondary N) is 1. The smallest absolute Gasteiger partial charge is 0.345 e. The Morgan fingerprint density at radius 2 is 1.66 bits per heavy atom. The van der Waals surface area contributed by atoms with Crippen molar-refractivity contribution in [3.8, 4) is 23.0 Å². The van der Waals surface area contributed by atoms with Crippen molar-refractivity contribution in [2.45, 2.75) is 0 Å². The van der Waals surface area contributed by atoms with Crippen molar-refractivity contribution in [1.29, 1.82) is 0 Å². The standard InChI is InChI=1S/C24H19ClN3O4/c1-30-22-13-17-20(14-23(22)31-2)26-12-11-21(17)32-16-9-7-15(8-10-16)27-24(29)28-19-6-4-3-5-18(19)25/h3-14H,1-2H3,(H,27,29). The van der Waals surface area contributed by atoms with Gasteiger partial charge in [0.15, 0.2) is 11.5 Å².